The molecule has 3 aromatic rings. The van der Waals surface area contributed by atoms with Crippen molar-refractivity contribution in [2.24, 2.45) is 0 Å². The van der Waals surface area contributed by atoms with Gasteiger partial charge in [0.2, 0.25) is 0 Å². The van der Waals surface area contributed by atoms with Gasteiger partial charge in [0.1, 0.15) is 5.82 Å². The van der Waals surface area contributed by atoms with Crippen LogP contribution < -0.4 is 5.69 Å². The van der Waals surface area contributed by atoms with Gasteiger partial charge in [0.15, 0.2) is 0 Å². The maximum Gasteiger partial charge on any atom is 0.346 e. The van der Waals surface area contributed by atoms with E-state index in [0.717, 1.165) is 17.0 Å². The van der Waals surface area contributed by atoms with Crippen LogP contribution in [-0.2, 0) is 19.5 Å². The molecule has 0 spiro atoms. The summed E-state index contributed by atoms with van der Waals surface area (Å²) in [7, 11) is 0. The molecule has 3 rings (SSSR count). The number of carboxylic acid groups (broad SMARTS) is 1. The second kappa shape index (κ2) is 8.52. The Bertz CT molecular complexity index is 1060. The molecule has 0 bridgehead atoms. The summed E-state index contributed by atoms with van der Waals surface area (Å²) in [6, 6.07) is 14.5. The number of allylic oxidation sites excluding steroid dienone is 2. The van der Waals surface area contributed by atoms with Crippen LogP contribution in [-0.4, -0.2) is 25.4 Å². The second-order valence-electron chi connectivity index (χ2n) is 6.44. The predicted octanol–water partition coefficient (Wildman–Crippen LogP) is 3.60. The van der Waals surface area contributed by atoms with Crippen molar-refractivity contribution in [2.75, 3.05) is 0 Å². The van der Waals surface area contributed by atoms with Crippen LogP contribution in [0.3, 0.4) is 0 Å². The molecule has 1 heterocycles. The molecule has 0 amide bonds. The van der Waals surface area contributed by atoms with Crippen molar-refractivity contribution in [3.63, 3.8) is 0 Å². The molecule has 0 atom stereocenters. The highest BCUT2D eigenvalue weighted by atomic mass is 16.4. The molecular formula is C22H23N3O3. The Balaban J connectivity index is 1.89. The van der Waals surface area contributed by atoms with Gasteiger partial charge in [-0.15, -0.1) is 0 Å². The van der Waals surface area contributed by atoms with Crippen LogP contribution in [0.1, 0.15) is 35.6 Å². The fourth-order valence-corrected chi connectivity index (χ4v) is 3.12. The first-order chi connectivity index (χ1) is 13.5. The summed E-state index contributed by atoms with van der Waals surface area (Å²) in [5, 5.41) is 13.8. The first-order valence-electron chi connectivity index (χ1n) is 9.24. The Hall–Kier alpha value is -3.41. The molecule has 0 unspecified atom stereocenters. The summed E-state index contributed by atoms with van der Waals surface area (Å²) >= 11 is 0. The van der Waals surface area contributed by atoms with E-state index >= 15 is 0 Å². The van der Waals surface area contributed by atoms with E-state index in [1.165, 1.54) is 4.68 Å². The lowest BCUT2D eigenvalue weighted by Gasteiger charge is -2.08. The number of nitrogens with zero attached hydrogens (tertiary/aromatic N) is 3. The summed E-state index contributed by atoms with van der Waals surface area (Å²) in [5.74, 6) is -0.206. The molecule has 6 nitrogen and oxygen atoms in total. The maximum atomic E-state index is 12.6. The van der Waals surface area contributed by atoms with Crippen molar-refractivity contribution in [1.82, 2.24) is 14.3 Å². The minimum Gasteiger partial charge on any atom is -0.478 e. The summed E-state index contributed by atoms with van der Waals surface area (Å²) in [4.78, 5) is 24.1. The van der Waals surface area contributed by atoms with Crippen LogP contribution >= 0.6 is 0 Å². The molecule has 0 aliphatic heterocycles. The average Bonchev–Trinajstić information content (AvgIpc) is 3.02. The first-order valence-corrected chi connectivity index (χ1v) is 9.24. The van der Waals surface area contributed by atoms with Gasteiger partial charge in [0, 0.05) is 6.42 Å². The van der Waals surface area contributed by atoms with Crippen molar-refractivity contribution in [3.05, 3.63) is 88.1 Å². The van der Waals surface area contributed by atoms with Crippen LogP contribution in [0.15, 0.2) is 65.5 Å². The molecule has 0 fully saturated rings. The Morgan fingerprint density at radius 1 is 1.14 bits per heavy atom. The third kappa shape index (κ3) is 3.96. The fraction of sp³-hybridized carbons (Fsp3) is 0.227. The largest absolute Gasteiger partial charge is 0.478 e. The van der Waals surface area contributed by atoms with Gasteiger partial charge in [0.25, 0.3) is 0 Å². The molecular weight excluding hydrogens is 354 g/mol. The smallest absolute Gasteiger partial charge is 0.346 e. The molecule has 0 radical (unpaired) electrons. The van der Waals surface area contributed by atoms with Crippen LogP contribution in [0.4, 0.5) is 0 Å². The number of aromatic nitrogens is 3. The molecule has 144 valence electrons. The lowest BCUT2D eigenvalue weighted by Crippen LogP contribution is -2.25. The minimum atomic E-state index is -0.952. The average molecular weight is 377 g/mol. The third-order valence-corrected chi connectivity index (χ3v) is 4.59. The number of benzene rings is 2. The molecule has 0 aliphatic rings. The van der Waals surface area contributed by atoms with E-state index in [4.69, 9.17) is 0 Å². The number of hydrogen-bond donors (Lipinski definition) is 1. The molecule has 1 N–H and O–H groups in total. The van der Waals surface area contributed by atoms with Gasteiger partial charge >= 0.3 is 11.7 Å². The van der Waals surface area contributed by atoms with E-state index in [1.807, 2.05) is 56.3 Å². The molecule has 6 heteroatoms. The van der Waals surface area contributed by atoms with Crippen molar-refractivity contribution in [1.29, 1.82) is 0 Å². The van der Waals surface area contributed by atoms with E-state index in [1.54, 1.807) is 22.8 Å². The van der Waals surface area contributed by atoms with Crippen LogP contribution in [0, 0.1) is 0 Å². The number of carboxylic acids is 1. The van der Waals surface area contributed by atoms with E-state index in [2.05, 4.69) is 5.10 Å². The van der Waals surface area contributed by atoms with Gasteiger partial charge in [-0.1, -0.05) is 61.5 Å². The topological polar surface area (TPSA) is 77.1 Å². The van der Waals surface area contributed by atoms with E-state index < -0.39 is 5.97 Å². The molecule has 0 saturated heterocycles. The van der Waals surface area contributed by atoms with Crippen LogP contribution in [0.2, 0.25) is 0 Å². The standard InChI is InChI=1S/C22H23N3O3/c1-3-5-14-25-22(28)24(20(4-2)23-25)15-16-10-12-17(13-11-16)18-8-6-7-9-19(18)21(26)27/h3,5-13H,4,14-15H2,1-2H3,(H,26,27). The van der Waals surface area contributed by atoms with Crippen molar-refractivity contribution in [2.45, 2.75) is 33.4 Å². The zero-order valence-corrected chi connectivity index (χ0v) is 16.0. The zero-order chi connectivity index (χ0) is 20.1. The Morgan fingerprint density at radius 3 is 2.50 bits per heavy atom. The number of rotatable bonds is 7. The third-order valence-electron chi connectivity index (χ3n) is 4.59. The monoisotopic (exact) mass is 377 g/mol. The Kier molecular flexibility index (Phi) is 5.89. The highest BCUT2D eigenvalue weighted by Crippen LogP contribution is 2.24. The van der Waals surface area contributed by atoms with Gasteiger partial charge < -0.3 is 5.11 Å². The van der Waals surface area contributed by atoms with Crippen molar-refractivity contribution < 1.29 is 9.90 Å². The van der Waals surface area contributed by atoms with Gasteiger partial charge in [0.05, 0.1) is 18.7 Å². The van der Waals surface area contributed by atoms with Gasteiger partial charge in [-0.25, -0.2) is 14.3 Å². The SMILES string of the molecule is CC=CCn1nc(CC)n(Cc2ccc(-c3ccccc3C(=O)O)cc2)c1=O. The number of aryl methyl sites for hydroxylation is 1. The lowest BCUT2D eigenvalue weighted by atomic mass is 9.99. The quantitative estimate of drug-likeness (QED) is 0.638. The summed E-state index contributed by atoms with van der Waals surface area (Å²) < 4.78 is 3.15. The molecule has 0 aliphatic carbocycles. The Morgan fingerprint density at radius 2 is 1.86 bits per heavy atom. The van der Waals surface area contributed by atoms with Crippen molar-refractivity contribution >= 4 is 5.97 Å². The highest BCUT2D eigenvalue weighted by molar-refractivity contribution is 5.95. The zero-order valence-electron chi connectivity index (χ0n) is 16.0. The van der Waals surface area contributed by atoms with Crippen LogP contribution in [0.25, 0.3) is 11.1 Å². The van der Waals surface area contributed by atoms with Gasteiger partial charge in [-0.05, 0) is 29.7 Å². The molecule has 2 aromatic carbocycles. The van der Waals surface area contributed by atoms with Gasteiger partial charge in [-0.2, -0.15) is 5.10 Å². The molecule has 28 heavy (non-hydrogen) atoms. The molecule has 0 saturated carbocycles. The highest BCUT2D eigenvalue weighted by Gasteiger charge is 2.13. The first kappa shape index (κ1) is 19.4. The fourth-order valence-electron chi connectivity index (χ4n) is 3.12. The molecule has 1 aromatic heterocycles. The van der Waals surface area contributed by atoms with Crippen molar-refractivity contribution in [3.8, 4) is 11.1 Å². The van der Waals surface area contributed by atoms with E-state index in [-0.39, 0.29) is 11.3 Å². The normalized spacial score (nSPS) is 11.2. The lowest BCUT2D eigenvalue weighted by molar-refractivity contribution is 0.0697. The van der Waals surface area contributed by atoms with Gasteiger partial charge in [-0.3, -0.25) is 4.57 Å². The minimum absolute atomic E-state index is 0.129. The number of carbonyl (C=O) groups is 1. The summed E-state index contributed by atoms with van der Waals surface area (Å²) in [6.45, 7) is 4.77. The Labute approximate surface area is 163 Å². The van der Waals surface area contributed by atoms with E-state index in [9.17, 15) is 14.7 Å². The summed E-state index contributed by atoms with van der Waals surface area (Å²) in [6.07, 6.45) is 4.46. The second-order valence-corrected chi connectivity index (χ2v) is 6.44. The van der Waals surface area contributed by atoms with E-state index in [0.29, 0.717) is 25.1 Å². The number of hydrogen-bond acceptors (Lipinski definition) is 3. The number of aromatic carboxylic acids is 1. The summed E-state index contributed by atoms with van der Waals surface area (Å²) in [5.41, 5.74) is 2.60. The predicted molar refractivity (Wildman–Crippen MR) is 109 cm³/mol. The van der Waals surface area contributed by atoms with Crippen LogP contribution in [0.5, 0.6) is 0 Å². The maximum absolute atomic E-state index is 12.6.